The van der Waals surface area contributed by atoms with Crippen LogP contribution in [0.2, 0.25) is 0 Å². The Morgan fingerprint density at radius 3 is 2.35 bits per heavy atom. The minimum absolute atomic E-state index is 0.277. The van der Waals surface area contributed by atoms with E-state index in [2.05, 4.69) is 15.6 Å². The molecule has 0 fully saturated rings. The Morgan fingerprint density at radius 1 is 1.08 bits per heavy atom. The first-order valence-electron chi connectivity index (χ1n) is 8.01. The molecule has 138 valence electrons. The summed E-state index contributed by atoms with van der Waals surface area (Å²) in [5, 5.41) is 6.25. The van der Waals surface area contributed by atoms with Crippen LogP contribution in [0.25, 0.3) is 0 Å². The van der Waals surface area contributed by atoms with E-state index in [1.54, 1.807) is 25.2 Å². The zero-order chi connectivity index (χ0) is 18.9. The van der Waals surface area contributed by atoms with E-state index in [1.807, 2.05) is 12.1 Å². The lowest BCUT2D eigenvalue weighted by Crippen LogP contribution is -2.36. The topological polar surface area (TPSA) is 72.0 Å². The molecule has 0 aliphatic rings. The van der Waals surface area contributed by atoms with Gasteiger partial charge in [0.2, 0.25) is 0 Å². The third-order valence-electron chi connectivity index (χ3n) is 3.70. The standard InChI is InChI=1S/C19H22FN3O3/c1-21-19(22-11-13-5-4-6-15(20)9-13)23-12-14-7-8-17(25-2)16(10-14)18(24)26-3/h4-10H,11-12H2,1-3H3,(H2,21,22,23). The number of nitrogens with one attached hydrogen (secondary N) is 2. The van der Waals surface area contributed by atoms with E-state index in [-0.39, 0.29) is 5.82 Å². The van der Waals surface area contributed by atoms with Crippen molar-refractivity contribution in [3.05, 3.63) is 65.0 Å². The van der Waals surface area contributed by atoms with Gasteiger partial charge in [0.25, 0.3) is 0 Å². The normalized spacial score (nSPS) is 11.0. The van der Waals surface area contributed by atoms with Gasteiger partial charge in [0.05, 0.1) is 14.2 Å². The highest BCUT2D eigenvalue weighted by atomic mass is 19.1. The number of aliphatic imine (C=N–C) groups is 1. The van der Waals surface area contributed by atoms with Crippen molar-refractivity contribution in [3.63, 3.8) is 0 Å². The van der Waals surface area contributed by atoms with Gasteiger partial charge in [-0.25, -0.2) is 9.18 Å². The first-order valence-corrected chi connectivity index (χ1v) is 8.01. The molecule has 0 bridgehead atoms. The number of esters is 1. The van der Waals surface area contributed by atoms with Crippen LogP contribution < -0.4 is 15.4 Å². The van der Waals surface area contributed by atoms with E-state index in [9.17, 15) is 9.18 Å². The molecule has 2 aromatic rings. The van der Waals surface area contributed by atoms with Crippen LogP contribution in [0.1, 0.15) is 21.5 Å². The number of nitrogens with zero attached hydrogens (tertiary/aromatic N) is 1. The highest BCUT2D eigenvalue weighted by Gasteiger charge is 2.13. The van der Waals surface area contributed by atoms with Crippen molar-refractivity contribution < 1.29 is 18.7 Å². The monoisotopic (exact) mass is 359 g/mol. The molecule has 0 aliphatic carbocycles. The van der Waals surface area contributed by atoms with Crippen molar-refractivity contribution in [2.24, 2.45) is 4.99 Å². The van der Waals surface area contributed by atoms with Crippen LogP contribution in [0, 0.1) is 5.82 Å². The summed E-state index contributed by atoms with van der Waals surface area (Å²) in [6.07, 6.45) is 0. The van der Waals surface area contributed by atoms with Crippen LogP contribution in [-0.4, -0.2) is 33.2 Å². The molecule has 0 aliphatic heterocycles. The summed E-state index contributed by atoms with van der Waals surface area (Å²) in [5.74, 6) is 0.275. The average Bonchev–Trinajstić information content (AvgIpc) is 2.67. The summed E-state index contributed by atoms with van der Waals surface area (Å²) in [5.41, 5.74) is 2.03. The molecule has 6 nitrogen and oxygen atoms in total. The number of hydrogen-bond donors (Lipinski definition) is 2. The van der Waals surface area contributed by atoms with Crippen molar-refractivity contribution in [3.8, 4) is 5.75 Å². The first-order chi connectivity index (χ1) is 12.6. The summed E-state index contributed by atoms with van der Waals surface area (Å²) in [7, 11) is 4.47. The molecule has 0 radical (unpaired) electrons. The Kier molecular flexibility index (Phi) is 6.96. The fourth-order valence-corrected chi connectivity index (χ4v) is 2.37. The van der Waals surface area contributed by atoms with Gasteiger partial charge < -0.3 is 20.1 Å². The smallest absolute Gasteiger partial charge is 0.341 e. The minimum Gasteiger partial charge on any atom is -0.496 e. The second-order valence-electron chi connectivity index (χ2n) is 5.44. The Hall–Kier alpha value is -3.09. The SMILES string of the molecule is CN=C(NCc1cccc(F)c1)NCc1ccc(OC)c(C(=O)OC)c1. The molecule has 0 unspecified atom stereocenters. The third kappa shape index (κ3) is 5.20. The lowest BCUT2D eigenvalue weighted by Gasteiger charge is -2.13. The highest BCUT2D eigenvalue weighted by molar-refractivity contribution is 5.92. The number of hydrogen-bond acceptors (Lipinski definition) is 4. The van der Waals surface area contributed by atoms with Crippen LogP contribution in [0.4, 0.5) is 4.39 Å². The van der Waals surface area contributed by atoms with Crippen molar-refractivity contribution in [2.45, 2.75) is 13.1 Å². The second-order valence-corrected chi connectivity index (χ2v) is 5.44. The number of ether oxygens (including phenoxy) is 2. The summed E-state index contributed by atoms with van der Waals surface area (Å²) < 4.78 is 23.2. The molecule has 0 spiro atoms. The number of carbonyl (C=O) groups excluding carboxylic acids is 1. The molecule has 26 heavy (non-hydrogen) atoms. The van der Waals surface area contributed by atoms with E-state index in [0.29, 0.717) is 30.4 Å². The summed E-state index contributed by atoms with van der Waals surface area (Å²) in [4.78, 5) is 16.0. The lowest BCUT2D eigenvalue weighted by atomic mass is 10.1. The molecule has 0 aromatic heterocycles. The summed E-state index contributed by atoms with van der Waals surface area (Å²) in [6.45, 7) is 0.879. The molecule has 7 heteroatoms. The number of benzene rings is 2. The Labute approximate surface area is 152 Å². The highest BCUT2D eigenvalue weighted by Crippen LogP contribution is 2.20. The molecule has 0 saturated carbocycles. The molecule has 0 saturated heterocycles. The van der Waals surface area contributed by atoms with Crippen molar-refractivity contribution in [2.75, 3.05) is 21.3 Å². The second kappa shape index (κ2) is 9.41. The van der Waals surface area contributed by atoms with E-state index >= 15 is 0 Å². The molecule has 0 amide bonds. The van der Waals surface area contributed by atoms with Gasteiger partial charge in [-0.15, -0.1) is 0 Å². The maximum atomic E-state index is 13.2. The fourth-order valence-electron chi connectivity index (χ4n) is 2.37. The van der Waals surface area contributed by atoms with Crippen LogP contribution in [-0.2, 0) is 17.8 Å². The van der Waals surface area contributed by atoms with Crippen LogP contribution in [0.5, 0.6) is 5.75 Å². The van der Waals surface area contributed by atoms with Gasteiger partial charge in [-0.1, -0.05) is 18.2 Å². The number of rotatable bonds is 6. The predicted molar refractivity (Wildman–Crippen MR) is 97.8 cm³/mol. The van der Waals surface area contributed by atoms with E-state index < -0.39 is 5.97 Å². The summed E-state index contributed by atoms with van der Waals surface area (Å²) >= 11 is 0. The van der Waals surface area contributed by atoms with Gasteiger partial charge in [-0.2, -0.15) is 0 Å². The fraction of sp³-hybridized carbons (Fsp3) is 0.263. The van der Waals surface area contributed by atoms with E-state index in [4.69, 9.17) is 9.47 Å². The lowest BCUT2D eigenvalue weighted by molar-refractivity contribution is 0.0597. The Bertz CT molecular complexity index is 793. The quantitative estimate of drug-likeness (QED) is 0.471. The molecular formula is C19H22FN3O3. The van der Waals surface area contributed by atoms with Crippen molar-refractivity contribution >= 4 is 11.9 Å². The minimum atomic E-state index is -0.461. The number of guanidine groups is 1. The van der Waals surface area contributed by atoms with E-state index in [1.165, 1.54) is 26.4 Å². The molecular weight excluding hydrogens is 337 g/mol. The molecule has 0 heterocycles. The van der Waals surface area contributed by atoms with Gasteiger partial charge in [0.1, 0.15) is 17.1 Å². The summed E-state index contributed by atoms with van der Waals surface area (Å²) in [6, 6.07) is 11.6. The Morgan fingerprint density at radius 2 is 1.77 bits per heavy atom. The average molecular weight is 359 g/mol. The van der Waals surface area contributed by atoms with E-state index in [0.717, 1.165) is 11.1 Å². The molecule has 2 rings (SSSR count). The largest absolute Gasteiger partial charge is 0.496 e. The van der Waals surface area contributed by atoms with Crippen molar-refractivity contribution in [1.82, 2.24) is 10.6 Å². The Balaban J connectivity index is 1.98. The molecule has 0 atom stereocenters. The van der Waals surface area contributed by atoms with Gasteiger partial charge in [-0.05, 0) is 35.4 Å². The maximum absolute atomic E-state index is 13.2. The zero-order valence-electron chi connectivity index (χ0n) is 15.0. The van der Waals surface area contributed by atoms with Gasteiger partial charge in [0, 0.05) is 20.1 Å². The number of halogens is 1. The van der Waals surface area contributed by atoms with Gasteiger partial charge in [-0.3, -0.25) is 4.99 Å². The van der Waals surface area contributed by atoms with Gasteiger partial charge in [0.15, 0.2) is 5.96 Å². The van der Waals surface area contributed by atoms with Crippen LogP contribution in [0.3, 0.4) is 0 Å². The number of methoxy groups -OCH3 is 2. The van der Waals surface area contributed by atoms with Crippen LogP contribution >= 0.6 is 0 Å². The maximum Gasteiger partial charge on any atom is 0.341 e. The van der Waals surface area contributed by atoms with Crippen molar-refractivity contribution in [1.29, 1.82) is 0 Å². The molecule has 2 aromatic carbocycles. The number of carbonyl (C=O) groups is 1. The molecule has 2 N–H and O–H groups in total. The van der Waals surface area contributed by atoms with Crippen LogP contribution in [0.15, 0.2) is 47.5 Å². The first kappa shape index (κ1) is 19.2. The van der Waals surface area contributed by atoms with Gasteiger partial charge >= 0.3 is 5.97 Å². The zero-order valence-corrected chi connectivity index (χ0v) is 15.0. The third-order valence-corrected chi connectivity index (χ3v) is 3.70. The predicted octanol–water partition coefficient (Wildman–Crippen LogP) is 2.49.